The molecule has 0 saturated carbocycles. The van der Waals surface area contributed by atoms with Gasteiger partial charge in [-0.3, -0.25) is 0 Å². The first-order chi connectivity index (χ1) is 32.2. The predicted molar refractivity (Wildman–Crippen MR) is 271 cm³/mol. The molecule has 1 aliphatic carbocycles. The quantitative estimate of drug-likeness (QED) is 0.153. The third-order valence-corrected chi connectivity index (χ3v) is 14.4. The summed E-state index contributed by atoms with van der Waals surface area (Å²) in [6.07, 6.45) is 1.96. The molecule has 0 bridgehead atoms. The summed E-state index contributed by atoms with van der Waals surface area (Å²) in [6.45, 7) is 0. The van der Waals surface area contributed by atoms with Gasteiger partial charge in [0.1, 0.15) is 0 Å². The number of aromatic nitrogens is 4. The zero-order chi connectivity index (χ0) is 42.8. The molecule has 65 heavy (non-hydrogen) atoms. The van der Waals surface area contributed by atoms with Crippen LogP contribution in [0.4, 0.5) is 0 Å². The Kier molecular flexibility index (Phi) is 8.88. The molecule has 0 fully saturated rings. The molecule has 3 heterocycles. The minimum Gasteiger partial charge on any atom is -0.309 e. The number of rotatable bonds is 8. The maximum Gasteiger partial charge on any atom is 0.164 e. The fourth-order valence-electron chi connectivity index (χ4n) is 10.3. The Morgan fingerprint density at radius 2 is 1.00 bits per heavy atom. The third-order valence-electron chi connectivity index (χ3n) is 13.3. The summed E-state index contributed by atoms with van der Waals surface area (Å²) in [5, 5.41) is 5.07. The number of thiophene rings is 1. The summed E-state index contributed by atoms with van der Waals surface area (Å²) in [5.41, 5.74) is 15.8. The van der Waals surface area contributed by atoms with Crippen LogP contribution in [0, 0.1) is 0 Å². The Morgan fingerprint density at radius 3 is 1.77 bits per heavy atom. The molecule has 5 heteroatoms. The van der Waals surface area contributed by atoms with Gasteiger partial charge < -0.3 is 4.57 Å². The van der Waals surface area contributed by atoms with Gasteiger partial charge in [-0.2, -0.15) is 0 Å². The maximum absolute atomic E-state index is 5.12. The molecule has 0 aliphatic heterocycles. The van der Waals surface area contributed by atoms with E-state index in [9.17, 15) is 0 Å². The van der Waals surface area contributed by atoms with E-state index in [0.717, 1.165) is 35.2 Å². The molecule has 0 saturated heterocycles. The minimum atomic E-state index is 0.310. The Hall–Kier alpha value is -7.99. The van der Waals surface area contributed by atoms with Crippen molar-refractivity contribution in [3.8, 4) is 62.1 Å². The van der Waals surface area contributed by atoms with Crippen molar-refractivity contribution in [1.82, 2.24) is 19.5 Å². The van der Waals surface area contributed by atoms with E-state index in [1.807, 2.05) is 47.7 Å². The van der Waals surface area contributed by atoms with Crippen LogP contribution in [-0.4, -0.2) is 19.5 Å². The molecule has 12 aromatic rings. The van der Waals surface area contributed by atoms with Crippen molar-refractivity contribution in [1.29, 1.82) is 0 Å². The van der Waals surface area contributed by atoms with E-state index in [1.54, 1.807) is 0 Å². The molecule has 0 amide bonds. The second kappa shape index (κ2) is 15.4. The molecule has 1 aliphatic rings. The summed E-state index contributed by atoms with van der Waals surface area (Å²) in [4.78, 5) is 15.2. The first kappa shape index (κ1) is 37.6. The smallest absolute Gasteiger partial charge is 0.164 e. The van der Waals surface area contributed by atoms with Gasteiger partial charge in [-0.25, -0.2) is 15.0 Å². The highest BCUT2D eigenvalue weighted by Crippen LogP contribution is 2.51. The van der Waals surface area contributed by atoms with Gasteiger partial charge >= 0.3 is 0 Å². The number of benzene rings is 9. The van der Waals surface area contributed by atoms with E-state index >= 15 is 0 Å². The van der Waals surface area contributed by atoms with Gasteiger partial charge in [-0.1, -0.05) is 176 Å². The Morgan fingerprint density at radius 1 is 0.400 bits per heavy atom. The van der Waals surface area contributed by atoms with Crippen molar-refractivity contribution in [2.24, 2.45) is 0 Å². The summed E-state index contributed by atoms with van der Waals surface area (Å²) in [7, 11) is 0. The first-order valence-electron chi connectivity index (χ1n) is 22.4. The van der Waals surface area contributed by atoms with Crippen LogP contribution in [0.15, 0.2) is 212 Å². The molecule has 0 N–H and O–H groups in total. The predicted octanol–water partition coefficient (Wildman–Crippen LogP) is 15.7. The monoisotopic (exact) mass is 848 g/mol. The molecule has 1 unspecified atom stereocenters. The number of nitrogens with zero attached hydrogens (tertiary/aromatic N) is 4. The fraction of sp³-hybridized carbons (Fsp3) is 0.0500. The number of hydrogen-bond acceptors (Lipinski definition) is 4. The van der Waals surface area contributed by atoms with Crippen LogP contribution < -0.4 is 0 Å². The molecule has 0 spiro atoms. The van der Waals surface area contributed by atoms with Crippen LogP contribution in [-0.2, 0) is 6.42 Å². The largest absolute Gasteiger partial charge is 0.309 e. The number of fused-ring (bicyclic) bond motifs is 9. The van der Waals surface area contributed by atoms with Crippen LogP contribution in [0.5, 0.6) is 0 Å². The standard InChI is InChI=1S/C60H40N4S/c1-4-16-39(17-5-1)44-27-15-28-50-46(45-24-10-11-26-49(45)57(44)50)32-30-38-31-33-47-51-37-56-52(48-25-12-13-29-55(48)65-56)36-54(51)64(53(47)34-38)43-23-14-22-42(35-43)60-62-58(40-18-6-2-7-19-40)61-59(63-60)41-20-8-3-9-21-41/h1-29,31,33-37,46H,30,32H2. The van der Waals surface area contributed by atoms with Crippen LogP contribution in [0.2, 0.25) is 0 Å². The highest BCUT2D eigenvalue weighted by Gasteiger charge is 2.30. The molecule has 9 aromatic carbocycles. The summed E-state index contributed by atoms with van der Waals surface area (Å²) >= 11 is 1.87. The zero-order valence-corrected chi connectivity index (χ0v) is 36.2. The topological polar surface area (TPSA) is 43.6 Å². The molecule has 3 aromatic heterocycles. The van der Waals surface area contributed by atoms with Crippen LogP contribution in [0.3, 0.4) is 0 Å². The second-order valence-electron chi connectivity index (χ2n) is 17.1. The summed E-state index contributed by atoms with van der Waals surface area (Å²) in [6, 6.07) is 76.6. The maximum atomic E-state index is 5.12. The van der Waals surface area contributed by atoms with Crippen molar-refractivity contribution >= 4 is 53.3 Å². The normalized spacial score (nSPS) is 13.2. The molecule has 306 valence electrons. The minimum absolute atomic E-state index is 0.310. The number of hydrogen-bond donors (Lipinski definition) is 0. The molecule has 0 radical (unpaired) electrons. The number of aryl methyl sites for hydroxylation is 1. The van der Waals surface area contributed by atoms with Gasteiger partial charge in [0.25, 0.3) is 0 Å². The van der Waals surface area contributed by atoms with Gasteiger partial charge in [0, 0.05) is 59.2 Å². The molecule has 1 atom stereocenters. The lowest BCUT2D eigenvalue weighted by molar-refractivity contribution is 0.730. The SMILES string of the molecule is c1ccc(-c2nc(-c3ccccc3)nc(-c3cccc(-n4c5cc(CCC6c7ccccc7-c7c(-c8ccccc8)cccc76)ccc5c5cc6sc7ccccc7c6cc54)c3)n2)cc1. The van der Waals surface area contributed by atoms with Crippen molar-refractivity contribution in [3.05, 3.63) is 229 Å². The average molecular weight is 849 g/mol. The fourth-order valence-corrected chi connectivity index (χ4v) is 11.4. The van der Waals surface area contributed by atoms with E-state index in [2.05, 4.69) is 180 Å². The lowest BCUT2D eigenvalue weighted by Gasteiger charge is -2.15. The van der Waals surface area contributed by atoms with Gasteiger partial charge in [-0.15, -0.1) is 11.3 Å². The van der Waals surface area contributed by atoms with E-state index in [0.29, 0.717) is 23.4 Å². The van der Waals surface area contributed by atoms with Crippen molar-refractivity contribution < 1.29 is 0 Å². The van der Waals surface area contributed by atoms with E-state index < -0.39 is 0 Å². The van der Waals surface area contributed by atoms with Gasteiger partial charge in [0.2, 0.25) is 0 Å². The van der Waals surface area contributed by atoms with Gasteiger partial charge in [0.15, 0.2) is 17.5 Å². The highest BCUT2D eigenvalue weighted by atomic mass is 32.1. The van der Waals surface area contributed by atoms with Crippen molar-refractivity contribution in [2.75, 3.05) is 0 Å². The molecular formula is C60H40N4S. The molecule has 13 rings (SSSR count). The zero-order valence-electron chi connectivity index (χ0n) is 35.4. The van der Waals surface area contributed by atoms with Crippen molar-refractivity contribution in [3.63, 3.8) is 0 Å². The molecular weight excluding hydrogens is 809 g/mol. The van der Waals surface area contributed by atoms with Gasteiger partial charge in [0.05, 0.1) is 11.0 Å². The first-order valence-corrected chi connectivity index (χ1v) is 23.2. The summed E-state index contributed by atoms with van der Waals surface area (Å²) in [5.74, 6) is 2.25. The average Bonchev–Trinajstić information content (AvgIpc) is 4.02. The Balaban J connectivity index is 0.953. The second-order valence-corrected chi connectivity index (χ2v) is 18.1. The van der Waals surface area contributed by atoms with E-state index in [1.165, 1.54) is 80.9 Å². The van der Waals surface area contributed by atoms with E-state index in [-0.39, 0.29) is 0 Å². The van der Waals surface area contributed by atoms with Crippen molar-refractivity contribution in [2.45, 2.75) is 18.8 Å². The Labute approximate surface area is 380 Å². The third kappa shape index (κ3) is 6.38. The van der Waals surface area contributed by atoms with Crippen LogP contribution in [0.25, 0.3) is 104 Å². The van der Waals surface area contributed by atoms with E-state index in [4.69, 9.17) is 15.0 Å². The van der Waals surface area contributed by atoms with Crippen LogP contribution >= 0.6 is 11.3 Å². The lowest BCUT2D eigenvalue weighted by Crippen LogP contribution is -2.01. The molecule has 4 nitrogen and oxygen atoms in total. The van der Waals surface area contributed by atoms with Crippen LogP contribution in [0.1, 0.15) is 29.0 Å². The highest BCUT2D eigenvalue weighted by molar-refractivity contribution is 7.25. The lowest BCUT2D eigenvalue weighted by atomic mass is 9.89. The van der Waals surface area contributed by atoms with Gasteiger partial charge in [-0.05, 0) is 88.2 Å². The summed E-state index contributed by atoms with van der Waals surface area (Å²) < 4.78 is 5.07. The Bertz CT molecular complexity index is 3720.